The zero-order valence-electron chi connectivity index (χ0n) is 9.90. The Morgan fingerprint density at radius 2 is 2.05 bits per heavy atom. The number of rotatable bonds is 3. The van der Waals surface area contributed by atoms with Crippen molar-refractivity contribution in [1.29, 1.82) is 0 Å². The Labute approximate surface area is 118 Å². The molecule has 0 saturated heterocycles. The highest BCUT2D eigenvalue weighted by Gasteiger charge is 2.09. The van der Waals surface area contributed by atoms with E-state index in [1.165, 1.54) is 12.1 Å². The number of halogens is 2. The third-order valence-corrected chi connectivity index (χ3v) is 2.98. The second-order valence-electron chi connectivity index (χ2n) is 3.94. The highest BCUT2D eigenvalue weighted by molar-refractivity contribution is 9.10. The molecule has 0 radical (unpaired) electrons. The van der Waals surface area contributed by atoms with Gasteiger partial charge in [0.25, 0.3) is 0 Å². The third kappa shape index (κ3) is 3.54. The van der Waals surface area contributed by atoms with E-state index in [1.807, 2.05) is 24.3 Å². The minimum atomic E-state index is -0.552. The predicted octanol–water partition coefficient (Wildman–Crippen LogP) is 3.53. The van der Waals surface area contributed by atoms with Crippen LogP contribution in [-0.4, -0.2) is 5.97 Å². The lowest BCUT2D eigenvalue weighted by molar-refractivity contribution is 0.0472. The van der Waals surface area contributed by atoms with Gasteiger partial charge < -0.3 is 10.5 Å². The van der Waals surface area contributed by atoms with Crippen molar-refractivity contribution in [2.75, 3.05) is 5.73 Å². The number of esters is 1. The van der Waals surface area contributed by atoms with Gasteiger partial charge in [0.1, 0.15) is 12.4 Å². The van der Waals surface area contributed by atoms with Gasteiger partial charge in [0.2, 0.25) is 0 Å². The molecule has 0 saturated carbocycles. The van der Waals surface area contributed by atoms with Gasteiger partial charge in [-0.2, -0.15) is 0 Å². The van der Waals surface area contributed by atoms with E-state index >= 15 is 0 Å². The molecule has 0 aliphatic rings. The molecule has 0 aromatic heterocycles. The van der Waals surface area contributed by atoms with Crippen molar-refractivity contribution in [3.8, 4) is 0 Å². The molecule has 98 valence electrons. The average molecular weight is 324 g/mol. The van der Waals surface area contributed by atoms with E-state index in [1.54, 1.807) is 0 Å². The minimum Gasteiger partial charge on any atom is -0.457 e. The SMILES string of the molecule is Nc1cc(C(=O)OCc2cccc(Br)c2)ccc1F. The summed E-state index contributed by atoms with van der Waals surface area (Å²) in [6, 6.07) is 11.2. The fraction of sp³-hybridized carbons (Fsp3) is 0.0714. The van der Waals surface area contributed by atoms with Crippen LogP contribution in [0.2, 0.25) is 0 Å². The van der Waals surface area contributed by atoms with Crippen LogP contribution in [0.25, 0.3) is 0 Å². The molecule has 0 unspecified atom stereocenters. The highest BCUT2D eigenvalue weighted by atomic mass is 79.9. The smallest absolute Gasteiger partial charge is 0.338 e. The van der Waals surface area contributed by atoms with Gasteiger partial charge in [-0.1, -0.05) is 28.1 Å². The maximum atomic E-state index is 13.0. The second-order valence-corrected chi connectivity index (χ2v) is 4.86. The first kappa shape index (κ1) is 13.5. The fourth-order valence-corrected chi connectivity index (χ4v) is 1.98. The number of hydrogen-bond acceptors (Lipinski definition) is 3. The predicted molar refractivity (Wildman–Crippen MR) is 74.1 cm³/mol. The van der Waals surface area contributed by atoms with E-state index in [0.29, 0.717) is 0 Å². The summed E-state index contributed by atoms with van der Waals surface area (Å²) in [6.45, 7) is 0.148. The third-order valence-electron chi connectivity index (χ3n) is 2.49. The first-order valence-electron chi connectivity index (χ1n) is 5.53. The molecule has 3 nitrogen and oxygen atoms in total. The fourth-order valence-electron chi connectivity index (χ4n) is 1.53. The summed E-state index contributed by atoms with van der Waals surface area (Å²) < 4.78 is 19.0. The molecule has 2 aromatic rings. The van der Waals surface area contributed by atoms with E-state index in [9.17, 15) is 9.18 Å². The zero-order valence-corrected chi connectivity index (χ0v) is 11.5. The Bertz CT molecular complexity index is 616. The topological polar surface area (TPSA) is 52.3 Å². The lowest BCUT2D eigenvalue weighted by atomic mass is 10.2. The number of carbonyl (C=O) groups is 1. The molecule has 0 amide bonds. The van der Waals surface area contributed by atoms with Crippen molar-refractivity contribution in [3.05, 3.63) is 63.9 Å². The number of nitrogens with two attached hydrogens (primary N) is 1. The molecule has 2 aromatic carbocycles. The van der Waals surface area contributed by atoms with Gasteiger partial charge in [-0.05, 0) is 35.9 Å². The quantitative estimate of drug-likeness (QED) is 0.694. The molecule has 0 atom stereocenters. The number of ether oxygens (including phenoxy) is 1. The lowest BCUT2D eigenvalue weighted by Crippen LogP contribution is -2.06. The van der Waals surface area contributed by atoms with Gasteiger partial charge in [0, 0.05) is 4.47 Å². The number of benzene rings is 2. The van der Waals surface area contributed by atoms with Crippen LogP contribution in [0, 0.1) is 5.82 Å². The van der Waals surface area contributed by atoms with E-state index in [4.69, 9.17) is 10.5 Å². The van der Waals surface area contributed by atoms with Gasteiger partial charge in [-0.25, -0.2) is 9.18 Å². The lowest BCUT2D eigenvalue weighted by Gasteiger charge is -2.06. The Morgan fingerprint density at radius 1 is 1.26 bits per heavy atom. The Hall–Kier alpha value is -1.88. The molecule has 5 heteroatoms. The minimum absolute atomic E-state index is 0.0723. The van der Waals surface area contributed by atoms with E-state index in [-0.39, 0.29) is 17.9 Å². The molecule has 0 bridgehead atoms. The summed E-state index contributed by atoms with van der Waals surface area (Å²) in [5, 5.41) is 0. The van der Waals surface area contributed by atoms with Crippen LogP contribution >= 0.6 is 15.9 Å². The van der Waals surface area contributed by atoms with Crippen molar-refractivity contribution in [1.82, 2.24) is 0 Å². The Morgan fingerprint density at radius 3 is 2.74 bits per heavy atom. The molecule has 19 heavy (non-hydrogen) atoms. The van der Waals surface area contributed by atoms with Crippen LogP contribution < -0.4 is 5.73 Å². The molecule has 0 aliphatic carbocycles. The number of hydrogen-bond donors (Lipinski definition) is 1. The molecule has 0 heterocycles. The largest absolute Gasteiger partial charge is 0.457 e. The van der Waals surface area contributed by atoms with Gasteiger partial charge >= 0.3 is 5.97 Å². The number of carbonyl (C=O) groups excluding carboxylic acids is 1. The zero-order chi connectivity index (χ0) is 13.8. The molecule has 2 rings (SSSR count). The second kappa shape index (κ2) is 5.84. The van der Waals surface area contributed by atoms with Crippen LogP contribution in [0.5, 0.6) is 0 Å². The highest BCUT2D eigenvalue weighted by Crippen LogP contribution is 2.15. The summed E-state index contributed by atoms with van der Waals surface area (Å²) >= 11 is 3.33. The van der Waals surface area contributed by atoms with Gasteiger partial charge in [-0.3, -0.25) is 0 Å². The van der Waals surface area contributed by atoms with Gasteiger partial charge in [-0.15, -0.1) is 0 Å². The normalized spacial score (nSPS) is 10.2. The molecule has 0 aliphatic heterocycles. The first-order valence-corrected chi connectivity index (χ1v) is 6.32. The van der Waals surface area contributed by atoms with Crippen molar-refractivity contribution >= 4 is 27.6 Å². The van der Waals surface area contributed by atoms with Crippen LogP contribution in [0.15, 0.2) is 46.9 Å². The number of nitrogen functional groups attached to an aromatic ring is 1. The van der Waals surface area contributed by atoms with Gasteiger partial charge in [0.15, 0.2) is 0 Å². The maximum Gasteiger partial charge on any atom is 0.338 e. The summed E-state index contributed by atoms with van der Waals surface area (Å²) in [5.41, 5.74) is 6.41. The standard InChI is InChI=1S/C14H11BrFNO2/c15-11-3-1-2-9(6-11)8-19-14(18)10-4-5-12(16)13(17)7-10/h1-7H,8,17H2. The van der Waals surface area contributed by atoms with E-state index in [2.05, 4.69) is 15.9 Å². The molecule has 2 N–H and O–H groups in total. The van der Waals surface area contributed by atoms with Crippen LogP contribution in [0.3, 0.4) is 0 Å². The molecule has 0 fully saturated rings. The van der Waals surface area contributed by atoms with Crippen molar-refractivity contribution in [2.45, 2.75) is 6.61 Å². The van der Waals surface area contributed by atoms with Crippen LogP contribution in [0.4, 0.5) is 10.1 Å². The van der Waals surface area contributed by atoms with Crippen LogP contribution in [-0.2, 0) is 11.3 Å². The summed E-state index contributed by atoms with van der Waals surface area (Å²) in [5.74, 6) is -1.09. The molecular weight excluding hydrogens is 313 g/mol. The monoisotopic (exact) mass is 323 g/mol. The van der Waals surface area contributed by atoms with Crippen molar-refractivity contribution in [3.63, 3.8) is 0 Å². The van der Waals surface area contributed by atoms with Crippen LogP contribution in [0.1, 0.15) is 15.9 Å². The van der Waals surface area contributed by atoms with Crippen molar-refractivity contribution < 1.29 is 13.9 Å². The summed E-state index contributed by atoms with van der Waals surface area (Å²) in [6.07, 6.45) is 0. The summed E-state index contributed by atoms with van der Waals surface area (Å²) in [4.78, 5) is 11.8. The van der Waals surface area contributed by atoms with Gasteiger partial charge in [0.05, 0.1) is 11.3 Å². The number of anilines is 1. The Kier molecular flexibility index (Phi) is 4.16. The molecular formula is C14H11BrFNO2. The van der Waals surface area contributed by atoms with E-state index in [0.717, 1.165) is 16.1 Å². The Balaban J connectivity index is 2.03. The maximum absolute atomic E-state index is 13.0. The summed E-state index contributed by atoms with van der Waals surface area (Å²) in [7, 11) is 0. The van der Waals surface area contributed by atoms with Crippen molar-refractivity contribution in [2.24, 2.45) is 0 Å². The average Bonchev–Trinajstić information content (AvgIpc) is 2.39. The first-order chi connectivity index (χ1) is 9.06. The molecule has 0 spiro atoms. The van der Waals surface area contributed by atoms with E-state index < -0.39 is 11.8 Å².